The summed E-state index contributed by atoms with van der Waals surface area (Å²) >= 11 is 0. The summed E-state index contributed by atoms with van der Waals surface area (Å²) in [6.07, 6.45) is 2.21. The number of rotatable bonds is 9. The van der Waals surface area contributed by atoms with Gasteiger partial charge < -0.3 is 15.6 Å². The lowest BCUT2D eigenvalue weighted by molar-refractivity contribution is -0.0199. The van der Waals surface area contributed by atoms with Crippen molar-refractivity contribution in [3.05, 3.63) is 40.3 Å². The highest BCUT2D eigenvalue weighted by molar-refractivity contribution is 5.88. The zero-order valence-electron chi connectivity index (χ0n) is 23.0. The van der Waals surface area contributed by atoms with Crippen LogP contribution in [0.25, 0.3) is 11.0 Å². The third-order valence-corrected chi connectivity index (χ3v) is 7.23. The summed E-state index contributed by atoms with van der Waals surface area (Å²) in [6.45, 7) is 16.7. The van der Waals surface area contributed by atoms with E-state index in [1.807, 2.05) is 38.4 Å². The van der Waals surface area contributed by atoms with E-state index in [-0.39, 0.29) is 12.0 Å². The Kier molecular flexibility index (Phi) is 7.45. The lowest BCUT2D eigenvalue weighted by Crippen LogP contribution is -2.52. The number of fused-ring (bicyclic) bond motifs is 1. The maximum atomic E-state index is 10.9. The van der Waals surface area contributed by atoms with Gasteiger partial charge >= 0.3 is 0 Å². The molecule has 2 atom stereocenters. The van der Waals surface area contributed by atoms with E-state index in [4.69, 9.17) is 15.6 Å². The fourth-order valence-corrected chi connectivity index (χ4v) is 5.88. The molecule has 1 saturated heterocycles. The van der Waals surface area contributed by atoms with Gasteiger partial charge in [-0.3, -0.25) is 4.90 Å². The van der Waals surface area contributed by atoms with E-state index in [9.17, 15) is 10.4 Å². The summed E-state index contributed by atoms with van der Waals surface area (Å²) < 4.78 is 8.15. The molecule has 3 heterocycles. The van der Waals surface area contributed by atoms with Gasteiger partial charge in [0.05, 0.1) is 41.0 Å². The highest BCUT2D eigenvalue weighted by Gasteiger charge is 2.38. The highest BCUT2D eigenvalue weighted by atomic mass is 16.5. The van der Waals surface area contributed by atoms with E-state index in [0.29, 0.717) is 36.1 Å². The van der Waals surface area contributed by atoms with Gasteiger partial charge in [-0.1, -0.05) is 13.8 Å². The van der Waals surface area contributed by atoms with Gasteiger partial charge in [-0.25, -0.2) is 14.6 Å². The number of hydrogen-bond donors (Lipinski definition) is 2. The number of nitrogens with zero attached hydrogens (tertiary/aromatic N) is 6. The number of anilines is 1. The Bertz CT molecular complexity index is 1330. The van der Waals surface area contributed by atoms with Crippen LogP contribution in [-0.4, -0.2) is 61.6 Å². The van der Waals surface area contributed by atoms with Crippen molar-refractivity contribution in [1.29, 1.82) is 5.26 Å². The molecule has 0 saturated carbocycles. The van der Waals surface area contributed by atoms with Crippen molar-refractivity contribution in [1.82, 2.24) is 24.6 Å². The number of benzene rings is 1. The van der Waals surface area contributed by atoms with E-state index in [1.54, 1.807) is 0 Å². The number of hydrogen-bond acceptors (Lipinski definition) is 8. The van der Waals surface area contributed by atoms with Gasteiger partial charge in [-0.15, -0.1) is 0 Å². The number of aromatic nitrogens is 4. The van der Waals surface area contributed by atoms with Gasteiger partial charge in [0.2, 0.25) is 0 Å². The molecular formula is C28H39N7O2. The van der Waals surface area contributed by atoms with Crippen LogP contribution in [0.2, 0.25) is 0 Å². The van der Waals surface area contributed by atoms with Crippen LogP contribution in [0.3, 0.4) is 0 Å². The Morgan fingerprint density at radius 2 is 1.97 bits per heavy atom. The van der Waals surface area contributed by atoms with Crippen molar-refractivity contribution in [2.24, 2.45) is 5.92 Å². The van der Waals surface area contributed by atoms with Gasteiger partial charge in [0.1, 0.15) is 17.9 Å². The van der Waals surface area contributed by atoms with E-state index >= 15 is 0 Å². The summed E-state index contributed by atoms with van der Waals surface area (Å²) in [5.41, 5.74) is 10.3. The van der Waals surface area contributed by atoms with Crippen LogP contribution >= 0.6 is 0 Å². The lowest BCUT2D eigenvalue weighted by Gasteiger charge is -2.44. The molecule has 1 aromatic carbocycles. The first-order chi connectivity index (χ1) is 17.5. The minimum atomic E-state index is -0.741. The van der Waals surface area contributed by atoms with Crippen LogP contribution in [0.15, 0.2) is 12.4 Å². The van der Waals surface area contributed by atoms with Crippen LogP contribution in [0.4, 0.5) is 5.82 Å². The monoisotopic (exact) mass is 505 g/mol. The number of ether oxygens (including phenoxy) is 1. The van der Waals surface area contributed by atoms with Crippen LogP contribution in [0, 0.1) is 31.1 Å². The van der Waals surface area contributed by atoms with Gasteiger partial charge in [0, 0.05) is 36.7 Å². The second-order valence-corrected chi connectivity index (χ2v) is 11.1. The van der Waals surface area contributed by atoms with Crippen LogP contribution in [-0.2, 0) is 0 Å². The minimum absolute atomic E-state index is 0.144. The van der Waals surface area contributed by atoms with E-state index in [2.05, 4.69) is 41.7 Å². The van der Waals surface area contributed by atoms with Crippen molar-refractivity contribution < 1.29 is 9.84 Å². The number of nitrogens with two attached hydrogens (primary N) is 1. The molecule has 0 spiro atoms. The number of nitriles is 1. The number of β-amino-alcohol motifs (C(OH)–C–C–N with tert-alkyl or cyclic N) is 1. The van der Waals surface area contributed by atoms with E-state index in [0.717, 1.165) is 53.0 Å². The Morgan fingerprint density at radius 3 is 2.59 bits per heavy atom. The fourth-order valence-electron chi connectivity index (χ4n) is 5.88. The molecule has 198 valence electrons. The average molecular weight is 506 g/mol. The number of nitrogen functional groups attached to an aromatic ring is 1. The van der Waals surface area contributed by atoms with Crippen molar-refractivity contribution in [2.75, 3.05) is 32.0 Å². The van der Waals surface area contributed by atoms with E-state index < -0.39 is 5.60 Å². The smallest absolute Gasteiger partial charge is 0.164 e. The predicted molar refractivity (Wildman–Crippen MR) is 145 cm³/mol. The highest BCUT2D eigenvalue weighted by Crippen LogP contribution is 2.43. The van der Waals surface area contributed by atoms with Gasteiger partial charge in [0.25, 0.3) is 0 Å². The average Bonchev–Trinajstić information content (AvgIpc) is 3.13. The van der Waals surface area contributed by atoms with Crippen molar-refractivity contribution in [3.8, 4) is 11.8 Å². The molecule has 9 heteroatoms. The molecule has 37 heavy (non-hydrogen) atoms. The first-order valence-electron chi connectivity index (χ1n) is 13.1. The molecule has 4 rings (SSSR count). The molecule has 1 aliphatic heterocycles. The summed E-state index contributed by atoms with van der Waals surface area (Å²) in [7, 11) is 0. The summed E-state index contributed by atoms with van der Waals surface area (Å²) in [6, 6.07) is 4.27. The zero-order chi connectivity index (χ0) is 27.1. The third-order valence-electron chi connectivity index (χ3n) is 7.23. The lowest BCUT2D eigenvalue weighted by atomic mass is 9.82. The first kappa shape index (κ1) is 26.8. The van der Waals surface area contributed by atoms with Crippen molar-refractivity contribution >= 4 is 16.9 Å². The molecule has 0 bridgehead atoms. The fraction of sp³-hybridized carbons (Fsp3) is 0.571. The second-order valence-electron chi connectivity index (χ2n) is 11.1. The van der Waals surface area contributed by atoms with Gasteiger partial charge in [-0.2, -0.15) is 10.4 Å². The number of aryl methyl sites for hydroxylation is 2. The number of likely N-dealkylation sites (tertiary alicyclic amines) is 1. The molecular weight excluding hydrogens is 466 g/mol. The molecule has 2 aromatic heterocycles. The maximum absolute atomic E-state index is 10.9. The molecule has 3 aromatic rings. The predicted octanol–water partition coefficient (Wildman–Crippen LogP) is 4.10. The summed E-state index contributed by atoms with van der Waals surface area (Å²) in [4.78, 5) is 10.9. The second kappa shape index (κ2) is 10.3. The summed E-state index contributed by atoms with van der Waals surface area (Å²) in [5, 5.41) is 26.5. The molecule has 1 fully saturated rings. The molecule has 3 N–H and O–H groups in total. The Balaban J connectivity index is 1.74. The minimum Gasteiger partial charge on any atom is -0.493 e. The quantitative estimate of drug-likeness (QED) is 0.445. The Morgan fingerprint density at radius 1 is 1.27 bits per heavy atom. The number of aliphatic hydroxyl groups is 1. The van der Waals surface area contributed by atoms with Gasteiger partial charge in [-0.05, 0) is 58.6 Å². The molecule has 0 radical (unpaired) electrons. The SMILES string of the molecule is CCOc1c(C(C)n2nc(C)c3c(N)ncnc32)cc(C)c(C#N)c1C1CN(CC(C)(O)CC(C)C)C1. The first-order valence-corrected chi connectivity index (χ1v) is 13.1. The normalized spacial score (nSPS) is 17.0. The maximum Gasteiger partial charge on any atom is 0.164 e. The molecule has 0 amide bonds. The molecule has 1 aliphatic rings. The zero-order valence-corrected chi connectivity index (χ0v) is 23.0. The molecule has 2 unspecified atom stereocenters. The van der Waals surface area contributed by atoms with Crippen LogP contribution in [0.1, 0.15) is 80.9 Å². The van der Waals surface area contributed by atoms with Gasteiger partial charge in [0.15, 0.2) is 5.65 Å². The summed E-state index contributed by atoms with van der Waals surface area (Å²) in [5.74, 6) is 1.72. The van der Waals surface area contributed by atoms with E-state index in [1.165, 1.54) is 6.33 Å². The molecule has 9 nitrogen and oxygen atoms in total. The topological polar surface area (TPSA) is 126 Å². The van der Waals surface area contributed by atoms with Crippen LogP contribution in [0.5, 0.6) is 5.75 Å². The molecule has 0 aliphatic carbocycles. The standard InChI is InChI=1S/C28H39N7O2/c1-8-37-25-21(19(6)35-27-23(18(5)33-35)26(30)31-15-32-27)9-17(4)22(11-29)24(25)20-12-34(13-20)14-28(7,36)10-16(2)3/h9,15-16,19-20,36H,8,10,12-14H2,1-7H3,(H2,30,31,32). The Labute approximate surface area is 219 Å². The third kappa shape index (κ3) is 5.13. The largest absolute Gasteiger partial charge is 0.493 e. The van der Waals surface area contributed by atoms with Crippen molar-refractivity contribution in [3.63, 3.8) is 0 Å². The van der Waals surface area contributed by atoms with Crippen molar-refractivity contribution in [2.45, 2.75) is 72.4 Å². The van der Waals surface area contributed by atoms with Crippen LogP contribution < -0.4 is 10.5 Å². The Hall–Kier alpha value is -3.22.